The van der Waals surface area contributed by atoms with Gasteiger partial charge in [-0.1, -0.05) is 36.5 Å². The lowest BCUT2D eigenvalue weighted by atomic mass is 9.83. The number of carbonyl (C=O) groups excluding carboxylic acids is 2. The number of rotatable bonds is 11. The number of hydrogen-bond acceptors (Lipinski definition) is 2. The standard InChI is InChI=1S/C24H36N2O2/c1-7-17(15-13-14-16-23(25)27)18(8-2)19(9-3)20(10-4)21(11-5)22(12-6)24(26)28/h7-12H,13-16H2,1-6H3,(H2,25,27)(H2,26,28). The lowest BCUT2D eigenvalue weighted by Crippen LogP contribution is -2.17. The molecule has 2 amide bonds. The monoisotopic (exact) mass is 384 g/mol. The van der Waals surface area contributed by atoms with Crippen LogP contribution in [-0.4, -0.2) is 11.8 Å². The Balaban J connectivity index is 5.91. The van der Waals surface area contributed by atoms with E-state index in [1.165, 1.54) is 5.57 Å². The number of primary amides is 2. The van der Waals surface area contributed by atoms with Crippen LogP contribution in [0.1, 0.15) is 67.2 Å². The van der Waals surface area contributed by atoms with E-state index in [0.717, 1.165) is 41.6 Å². The Morgan fingerprint density at radius 3 is 1.32 bits per heavy atom. The summed E-state index contributed by atoms with van der Waals surface area (Å²) >= 11 is 0. The van der Waals surface area contributed by atoms with Gasteiger partial charge in [0.05, 0.1) is 0 Å². The molecule has 0 aliphatic heterocycles. The van der Waals surface area contributed by atoms with Crippen LogP contribution in [0.5, 0.6) is 0 Å². The van der Waals surface area contributed by atoms with E-state index in [0.29, 0.717) is 12.0 Å². The van der Waals surface area contributed by atoms with Crippen molar-refractivity contribution in [1.82, 2.24) is 0 Å². The second-order valence-electron chi connectivity index (χ2n) is 6.36. The van der Waals surface area contributed by atoms with Gasteiger partial charge in [0.2, 0.25) is 11.8 Å². The first-order valence-electron chi connectivity index (χ1n) is 9.89. The van der Waals surface area contributed by atoms with Crippen LogP contribution < -0.4 is 11.5 Å². The maximum Gasteiger partial charge on any atom is 0.248 e. The smallest absolute Gasteiger partial charge is 0.248 e. The number of allylic oxidation sites excluding steroid dienone is 10. The van der Waals surface area contributed by atoms with E-state index in [-0.39, 0.29) is 5.91 Å². The first kappa shape index (κ1) is 25.4. The van der Waals surface area contributed by atoms with Gasteiger partial charge in [0.1, 0.15) is 0 Å². The highest BCUT2D eigenvalue weighted by atomic mass is 16.1. The molecule has 0 unspecified atom stereocenters. The van der Waals surface area contributed by atoms with Crippen molar-refractivity contribution in [1.29, 1.82) is 0 Å². The molecule has 0 spiro atoms. The summed E-state index contributed by atoms with van der Waals surface area (Å²) in [5.74, 6) is -0.702. The molecule has 0 aromatic carbocycles. The van der Waals surface area contributed by atoms with Gasteiger partial charge < -0.3 is 11.5 Å². The van der Waals surface area contributed by atoms with Gasteiger partial charge in [0, 0.05) is 12.0 Å². The minimum atomic E-state index is -0.440. The minimum Gasteiger partial charge on any atom is -0.370 e. The van der Waals surface area contributed by atoms with Gasteiger partial charge >= 0.3 is 0 Å². The first-order valence-corrected chi connectivity index (χ1v) is 9.89. The largest absolute Gasteiger partial charge is 0.370 e. The van der Waals surface area contributed by atoms with Crippen LogP contribution >= 0.6 is 0 Å². The second kappa shape index (κ2) is 13.5. The molecule has 0 saturated carbocycles. The van der Waals surface area contributed by atoms with Crippen LogP contribution in [-0.2, 0) is 9.59 Å². The van der Waals surface area contributed by atoms with Crippen molar-refractivity contribution in [2.45, 2.75) is 67.2 Å². The highest BCUT2D eigenvalue weighted by Crippen LogP contribution is 2.35. The molecule has 0 fully saturated rings. The third-order valence-corrected chi connectivity index (χ3v) is 4.68. The van der Waals surface area contributed by atoms with Crippen LogP contribution in [0, 0.1) is 0 Å². The normalized spacial score (nSPS) is 15.1. The quantitative estimate of drug-likeness (QED) is 0.291. The van der Waals surface area contributed by atoms with E-state index < -0.39 is 5.91 Å². The van der Waals surface area contributed by atoms with Crippen molar-refractivity contribution in [2.75, 3.05) is 0 Å². The molecule has 0 atom stereocenters. The Morgan fingerprint density at radius 2 is 0.964 bits per heavy atom. The lowest BCUT2D eigenvalue weighted by molar-refractivity contribution is -0.118. The molecule has 0 aromatic rings. The molecule has 0 radical (unpaired) electrons. The van der Waals surface area contributed by atoms with Gasteiger partial charge in [0.15, 0.2) is 0 Å². The van der Waals surface area contributed by atoms with Crippen LogP contribution in [0.3, 0.4) is 0 Å². The summed E-state index contributed by atoms with van der Waals surface area (Å²) in [6.07, 6.45) is 14.9. The van der Waals surface area contributed by atoms with Gasteiger partial charge in [0.25, 0.3) is 0 Å². The van der Waals surface area contributed by atoms with Gasteiger partial charge in [-0.15, -0.1) is 0 Å². The van der Waals surface area contributed by atoms with E-state index in [2.05, 4.69) is 18.2 Å². The predicted octanol–water partition coefficient (Wildman–Crippen LogP) is 5.20. The zero-order valence-corrected chi connectivity index (χ0v) is 18.3. The van der Waals surface area contributed by atoms with Crippen molar-refractivity contribution in [2.24, 2.45) is 11.5 Å². The molecule has 4 nitrogen and oxygen atoms in total. The zero-order chi connectivity index (χ0) is 21.7. The number of nitrogens with two attached hydrogens (primary N) is 2. The topological polar surface area (TPSA) is 86.2 Å². The van der Waals surface area contributed by atoms with Gasteiger partial charge in [-0.3, -0.25) is 9.59 Å². The highest BCUT2D eigenvalue weighted by Gasteiger charge is 2.20. The molecule has 0 aliphatic carbocycles. The Labute approximate surface area is 170 Å². The van der Waals surface area contributed by atoms with Gasteiger partial charge in [-0.2, -0.15) is 0 Å². The van der Waals surface area contributed by atoms with E-state index >= 15 is 0 Å². The summed E-state index contributed by atoms with van der Waals surface area (Å²) < 4.78 is 0. The zero-order valence-electron chi connectivity index (χ0n) is 18.3. The molecule has 154 valence electrons. The van der Waals surface area contributed by atoms with Crippen LogP contribution in [0.25, 0.3) is 0 Å². The Bertz CT molecular complexity index is 745. The molecule has 4 N–H and O–H groups in total. The van der Waals surface area contributed by atoms with Crippen LogP contribution in [0.15, 0.2) is 69.9 Å². The summed E-state index contributed by atoms with van der Waals surface area (Å²) in [4.78, 5) is 22.9. The van der Waals surface area contributed by atoms with Crippen molar-refractivity contribution < 1.29 is 9.59 Å². The third kappa shape index (κ3) is 7.18. The molecule has 0 aliphatic rings. The highest BCUT2D eigenvalue weighted by molar-refractivity contribution is 5.98. The molecule has 28 heavy (non-hydrogen) atoms. The fourth-order valence-electron chi connectivity index (χ4n) is 3.36. The molecular formula is C24H36N2O2. The fourth-order valence-corrected chi connectivity index (χ4v) is 3.36. The molecule has 0 heterocycles. The molecule has 0 bridgehead atoms. The fraction of sp³-hybridized carbons (Fsp3) is 0.417. The number of hydrogen-bond donors (Lipinski definition) is 2. The van der Waals surface area contributed by atoms with Crippen LogP contribution in [0.4, 0.5) is 0 Å². The van der Waals surface area contributed by atoms with Crippen LogP contribution in [0.2, 0.25) is 0 Å². The Hall–Kier alpha value is -2.62. The van der Waals surface area contributed by atoms with Gasteiger partial charge in [-0.05, 0) is 88.7 Å². The minimum absolute atomic E-state index is 0.262. The van der Waals surface area contributed by atoms with E-state index in [4.69, 9.17) is 11.5 Å². The number of amides is 2. The van der Waals surface area contributed by atoms with Gasteiger partial charge in [-0.25, -0.2) is 0 Å². The van der Waals surface area contributed by atoms with E-state index in [1.54, 1.807) is 6.08 Å². The molecular weight excluding hydrogens is 348 g/mol. The number of carbonyl (C=O) groups is 2. The average molecular weight is 385 g/mol. The summed E-state index contributed by atoms with van der Waals surface area (Å²) in [6, 6.07) is 0. The summed E-state index contributed by atoms with van der Waals surface area (Å²) in [7, 11) is 0. The second-order valence-corrected chi connectivity index (χ2v) is 6.36. The molecule has 0 rings (SSSR count). The summed E-state index contributed by atoms with van der Waals surface area (Å²) in [5.41, 5.74) is 16.5. The van der Waals surface area contributed by atoms with Crippen molar-refractivity contribution in [3.05, 3.63) is 69.9 Å². The summed E-state index contributed by atoms with van der Waals surface area (Å²) in [6.45, 7) is 11.7. The van der Waals surface area contributed by atoms with Crippen molar-refractivity contribution >= 4 is 11.8 Å². The average Bonchev–Trinajstić information content (AvgIpc) is 2.67. The maximum atomic E-state index is 11.9. The van der Waals surface area contributed by atoms with Crippen molar-refractivity contribution in [3.63, 3.8) is 0 Å². The predicted molar refractivity (Wildman–Crippen MR) is 119 cm³/mol. The third-order valence-electron chi connectivity index (χ3n) is 4.68. The first-order chi connectivity index (χ1) is 13.3. The summed E-state index contributed by atoms with van der Waals surface area (Å²) in [5, 5.41) is 0. The van der Waals surface area contributed by atoms with E-state index in [9.17, 15) is 9.59 Å². The number of unbranched alkanes of at least 4 members (excludes halogenated alkanes) is 1. The lowest BCUT2D eigenvalue weighted by Gasteiger charge is -2.21. The molecule has 4 heteroatoms. The van der Waals surface area contributed by atoms with E-state index in [1.807, 2.05) is 53.7 Å². The Morgan fingerprint density at radius 1 is 0.571 bits per heavy atom. The molecule has 0 saturated heterocycles. The Kier molecular flexibility index (Phi) is 12.3. The molecule has 0 aromatic heterocycles. The SMILES string of the molecule is CC=C(CCCCC(N)=O)C(=CC)C(=CC)C(=CC)C(=CC)C(=CC)C(N)=O. The van der Waals surface area contributed by atoms with Crippen molar-refractivity contribution in [3.8, 4) is 0 Å². The maximum absolute atomic E-state index is 11.9.